The summed E-state index contributed by atoms with van der Waals surface area (Å²) in [4.78, 5) is 48.0. The van der Waals surface area contributed by atoms with Gasteiger partial charge in [-0.1, -0.05) is 12.1 Å². The van der Waals surface area contributed by atoms with Crippen LogP contribution in [0.2, 0.25) is 0 Å². The van der Waals surface area contributed by atoms with Gasteiger partial charge in [0.15, 0.2) is 5.13 Å². The third-order valence-corrected chi connectivity index (χ3v) is 6.96. The third-order valence-electron chi connectivity index (χ3n) is 4.98. The molecule has 2 amide bonds. The molecular formula is C23H23N5O3S2. The zero-order valence-electron chi connectivity index (χ0n) is 18.3. The van der Waals surface area contributed by atoms with Crippen molar-refractivity contribution in [2.45, 2.75) is 39.8 Å². The summed E-state index contributed by atoms with van der Waals surface area (Å²) in [5.41, 5.74) is 1.40. The summed E-state index contributed by atoms with van der Waals surface area (Å²) >= 11 is 2.99. The number of hydrogen-bond donors (Lipinski definition) is 2. The Hall–Kier alpha value is -3.37. The van der Waals surface area contributed by atoms with E-state index in [0.717, 1.165) is 20.3 Å². The van der Waals surface area contributed by atoms with E-state index in [-0.39, 0.29) is 23.8 Å². The van der Waals surface area contributed by atoms with Crippen LogP contribution in [0.3, 0.4) is 0 Å². The Balaban J connectivity index is 1.34. The van der Waals surface area contributed by atoms with E-state index >= 15 is 0 Å². The average Bonchev–Trinajstić information content (AvgIpc) is 3.40. The van der Waals surface area contributed by atoms with Crippen molar-refractivity contribution in [1.29, 1.82) is 0 Å². The van der Waals surface area contributed by atoms with E-state index in [4.69, 9.17) is 0 Å². The summed E-state index contributed by atoms with van der Waals surface area (Å²) in [7, 11) is 0. The molecular weight excluding hydrogens is 458 g/mol. The number of aryl methyl sites for hydroxylation is 2. The van der Waals surface area contributed by atoms with Gasteiger partial charge in [0.2, 0.25) is 11.8 Å². The maximum atomic E-state index is 12.5. The normalized spacial score (nSPS) is 11.0. The summed E-state index contributed by atoms with van der Waals surface area (Å²) in [6, 6.07) is 11.2. The number of thiazole rings is 1. The smallest absolute Gasteiger partial charge is 0.261 e. The second-order valence-corrected chi connectivity index (χ2v) is 9.88. The predicted octanol–water partition coefficient (Wildman–Crippen LogP) is 3.94. The first-order valence-corrected chi connectivity index (χ1v) is 12.1. The van der Waals surface area contributed by atoms with E-state index < -0.39 is 0 Å². The van der Waals surface area contributed by atoms with Gasteiger partial charge in [-0.3, -0.25) is 19.0 Å². The Bertz CT molecular complexity index is 1370. The first-order valence-electron chi connectivity index (χ1n) is 10.5. The van der Waals surface area contributed by atoms with Crippen LogP contribution in [0, 0.1) is 6.92 Å². The molecule has 3 aromatic heterocycles. The molecule has 10 heteroatoms. The van der Waals surface area contributed by atoms with Crippen molar-refractivity contribution in [2.75, 3.05) is 5.32 Å². The highest BCUT2D eigenvalue weighted by molar-refractivity contribution is 7.18. The van der Waals surface area contributed by atoms with Crippen molar-refractivity contribution in [2.24, 2.45) is 0 Å². The molecule has 0 saturated heterocycles. The SMILES string of the molecule is CC(=O)NCc1ccc(-c2nc(NC(=O)CCCn3cnc4ccccc4c3=O)sc2C)s1. The van der Waals surface area contributed by atoms with E-state index in [0.29, 0.717) is 35.5 Å². The predicted molar refractivity (Wildman–Crippen MR) is 132 cm³/mol. The number of anilines is 1. The van der Waals surface area contributed by atoms with Gasteiger partial charge in [0.05, 0.1) is 34.3 Å². The fourth-order valence-electron chi connectivity index (χ4n) is 3.35. The van der Waals surface area contributed by atoms with Crippen molar-refractivity contribution in [3.05, 3.63) is 62.8 Å². The molecule has 4 aromatic rings. The Labute approximate surface area is 198 Å². The summed E-state index contributed by atoms with van der Waals surface area (Å²) in [5.74, 6) is -0.212. The molecule has 1 aromatic carbocycles. The molecule has 0 bridgehead atoms. The molecule has 0 aliphatic carbocycles. The standard InChI is InChI=1S/C23H23N5O3S2/c1-14-21(19-10-9-16(33-19)12-24-15(2)29)27-23(32-14)26-20(30)8-5-11-28-13-25-18-7-4-3-6-17(18)22(28)31/h3-4,6-7,9-10,13H,5,8,11-12H2,1-2H3,(H,24,29)(H,26,27,30). The lowest BCUT2D eigenvalue weighted by atomic mass is 10.2. The molecule has 0 atom stereocenters. The number of thiophene rings is 1. The number of nitrogens with one attached hydrogen (secondary N) is 2. The number of fused-ring (bicyclic) bond motifs is 1. The minimum atomic E-state index is -0.144. The largest absolute Gasteiger partial charge is 0.351 e. The van der Waals surface area contributed by atoms with Gasteiger partial charge in [-0.05, 0) is 37.6 Å². The van der Waals surface area contributed by atoms with Crippen LogP contribution in [0.15, 0.2) is 47.5 Å². The molecule has 0 fully saturated rings. The van der Waals surface area contributed by atoms with E-state index in [1.807, 2.05) is 31.2 Å². The summed E-state index contributed by atoms with van der Waals surface area (Å²) in [5, 5.41) is 6.77. The minimum absolute atomic E-state index is 0.0680. The second-order valence-electron chi connectivity index (χ2n) is 7.51. The number of nitrogens with zero attached hydrogens (tertiary/aromatic N) is 3. The molecule has 0 unspecified atom stereocenters. The van der Waals surface area contributed by atoms with Crippen LogP contribution in [0.5, 0.6) is 0 Å². The molecule has 8 nitrogen and oxygen atoms in total. The molecule has 0 spiro atoms. The van der Waals surface area contributed by atoms with Crippen molar-refractivity contribution in [1.82, 2.24) is 19.9 Å². The van der Waals surface area contributed by atoms with E-state index in [1.165, 1.54) is 29.2 Å². The lowest BCUT2D eigenvalue weighted by Crippen LogP contribution is -2.21. The number of para-hydroxylation sites is 1. The van der Waals surface area contributed by atoms with Gasteiger partial charge in [-0.2, -0.15) is 0 Å². The van der Waals surface area contributed by atoms with Crippen molar-refractivity contribution < 1.29 is 9.59 Å². The molecule has 4 rings (SSSR count). The van der Waals surface area contributed by atoms with Crippen LogP contribution >= 0.6 is 22.7 Å². The molecule has 3 heterocycles. The lowest BCUT2D eigenvalue weighted by Gasteiger charge is -2.06. The summed E-state index contributed by atoms with van der Waals surface area (Å²) < 4.78 is 1.54. The van der Waals surface area contributed by atoms with Crippen LogP contribution in [0.1, 0.15) is 29.5 Å². The highest BCUT2D eigenvalue weighted by atomic mass is 32.1. The maximum Gasteiger partial charge on any atom is 0.261 e. The maximum absolute atomic E-state index is 12.5. The lowest BCUT2D eigenvalue weighted by molar-refractivity contribution is -0.119. The van der Waals surface area contributed by atoms with Gasteiger partial charge in [-0.15, -0.1) is 22.7 Å². The van der Waals surface area contributed by atoms with E-state index in [2.05, 4.69) is 20.6 Å². The Morgan fingerprint density at radius 3 is 2.76 bits per heavy atom. The number of hydrogen-bond acceptors (Lipinski definition) is 7. The topological polar surface area (TPSA) is 106 Å². The van der Waals surface area contributed by atoms with Crippen molar-refractivity contribution in [3.63, 3.8) is 0 Å². The van der Waals surface area contributed by atoms with Gasteiger partial charge in [0, 0.05) is 29.6 Å². The number of benzene rings is 1. The Morgan fingerprint density at radius 2 is 1.94 bits per heavy atom. The number of rotatable bonds is 8. The zero-order valence-corrected chi connectivity index (χ0v) is 19.9. The molecule has 0 radical (unpaired) electrons. The van der Waals surface area contributed by atoms with Gasteiger partial charge in [0.1, 0.15) is 0 Å². The number of carbonyl (C=O) groups is 2. The van der Waals surface area contributed by atoms with Gasteiger partial charge in [0.25, 0.3) is 5.56 Å². The van der Waals surface area contributed by atoms with Crippen LogP contribution in [0.25, 0.3) is 21.5 Å². The van der Waals surface area contributed by atoms with Crippen LogP contribution in [-0.2, 0) is 22.7 Å². The highest BCUT2D eigenvalue weighted by Crippen LogP contribution is 2.34. The molecule has 0 saturated carbocycles. The fraction of sp³-hybridized carbons (Fsp3) is 0.261. The van der Waals surface area contributed by atoms with Gasteiger partial charge in [-0.25, -0.2) is 9.97 Å². The third kappa shape index (κ3) is 5.52. The van der Waals surface area contributed by atoms with Crippen LogP contribution < -0.4 is 16.2 Å². The first kappa shape index (κ1) is 22.8. The monoisotopic (exact) mass is 481 g/mol. The van der Waals surface area contributed by atoms with Gasteiger partial charge < -0.3 is 10.6 Å². The number of amides is 2. The first-order chi connectivity index (χ1) is 15.9. The fourth-order valence-corrected chi connectivity index (χ4v) is 5.25. The van der Waals surface area contributed by atoms with Crippen molar-refractivity contribution in [3.8, 4) is 10.6 Å². The summed E-state index contributed by atoms with van der Waals surface area (Å²) in [6.07, 6.45) is 2.31. The molecule has 170 valence electrons. The summed E-state index contributed by atoms with van der Waals surface area (Å²) in [6.45, 7) is 4.36. The Kier molecular flexibility index (Phi) is 6.95. The average molecular weight is 482 g/mol. The second kappa shape index (κ2) is 10.1. The zero-order chi connectivity index (χ0) is 23.4. The molecule has 0 aliphatic rings. The Morgan fingerprint density at radius 1 is 1.12 bits per heavy atom. The van der Waals surface area contributed by atoms with Crippen LogP contribution in [0.4, 0.5) is 5.13 Å². The van der Waals surface area contributed by atoms with Gasteiger partial charge >= 0.3 is 0 Å². The molecule has 2 N–H and O–H groups in total. The number of aromatic nitrogens is 3. The minimum Gasteiger partial charge on any atom is -0.351 e. The molecule has 0 aliphatic heterocycles. The highest BCUT2D eigenvalue weighted by Gasteiger charge is 2.14. The molecule has 33 heavy (non-hydrogen) atoms. The van der Waals surface area contributed by atoms with E-state index in [1.54, 1.807) is 23.5 Å². The number of carbonyl (C=O) groups excluding carboxylic acids is 2. The van der Waals surface area contributed by atoms with Crippen molar-refractivity contribution >= 4 is 50.5 Å². The van der Waals surface area contributed by atoms with E-state index in [9.17, 15) is 14.4 Å². The quantitative estimate of drug-likeness (QED) is 0.396. The van der Waals surface area contributed by atoms with Crippen LogP contribution in [-0.4, -0.2) is 26.3 Å².